The number of carbonyl (C=O) groups excluding carboxylic acids is 2. The Kier molecular flexibility index (Phi) is 7.71. The van der Waals surface area contributed by atoms with Crippen LogP contribution in [-0.2, 0) is 11.3 Å². The molecule has 2 amide bonds. The molecule has 1 saturated carbocycles. The first kappa shape index (κ1) is 22.1. The summed E-state index contributed by atoms with van der Waals surface area (Å²) in [6.07, 6.45) is 4.94. The molecular weight excluding hydrogens is 378 g/mol. The zero-order chi connectivity index (χ0) is 21.5. The molecule has 0 bridgehead atoms. The lowest BCUT2D eigenvalue weighted by molar-refractivity contribution is -0.123. The average Bonchev–Trinajstić information content (AvgIpc) is 2.76. The van der Waals surface area contributed by atoms with Gasteiger partial charge in [-0.25, -0.2) is 0 Å². The fourth-order valence-corrected chi connectivity index (χ4v) is 4.26. The maximum atomic E-state index is 12.6. The van der Waals surface area contributed by atoms with Crippen molar-refractivity contribution in [2.45, 2.75) is 52.1 Å². The largest absolute Gasteiger partial charge is 0.354 e. The standard InChI is InChI=1S/C23H35N5O2/c1-16(2)18-8-10-20(11-9-18)27-23(24-3)26-14-17-4-6-19(7-5-17)22(30)28-13-12-25-21(29)15-28/h4-7,16,18,20H,8-15H2,1-3H3,(H,25,29)(H2,24,26,27). The normalized spacial score (nSPS) is 22.6. The van der Waals surface area contributed by atoms with E-state index >= 15 is 0 Å². The molecule has 1 aromatic carbocycles. The van der Waals surface area contributed by atoms with E-state index < -0.39 is 0 Å². The number of benzene rings is 1. The molecule has 1 aliphatic heterocycles. The van der Waals surface area contributed by atoms with Crippen LogP contribution in [-0.4, -0.2) is 55.4 Å². The van der Waals surface area contributed by atoms with Gasteiger partial charge in [-0.05, 0) is 55.2 Å². The third kappa shape index (κ3) is 5.97. The van der Waals surface area contributed by atoms with Crippen LogP contribution in [0.3, 0.4) is 0 Å². The fourth-order valence-electron chi connectivity index (χ4n) is 4.26. The van der Waals surface area contributed by atoms with Crippen LogP contribution in [0.2, 0.25) is 0 Å². The van der Waals surface area contributed by atoms with E-state index in [1.54, 1.807) is 11.9 Å². The molecule has 1 saturated heterocycles. The number of hydrogen-bond donors (Lipinski definition) is 3. The number of nitrogens with one attached hydrogen (secondary N) is 3. The first-order valence-electron chi connectivity index (χ1n) is 11.1. The van der Waals surface area contributed by atoms with Gasteiger partial charge < -0.3 is 20.9 Å². The van der Waals surface area contributed by atoms with Gasteiger partial charge in [-0.1, -0.05) is 26.0 Å². The summed E-state index contributed by atoms with van der Waals surface area (Å²) in [6.45, 7) is 6.47. The molecule has 1 heterocycles. The van der Waals surface area contributed by atoms with Gasteiger partial charge in [-0.3, -0.25) is 14.6 Å². The molecule has 164 valence electrons. The molecule has 0 spiro atoms. The van der Waals surface area contributed by atoms with Crippen LogP contribution in [0.5, 0.6) is 0 Å². The Balaban J connectivity index is 1.47. The van der Waals surface area contributed by atoms with E-state index in [-0.39, 0.29) is 18.4 Å². The molecule has 1 aliphatic carbocycles. The summed E-state index contributed by atoms with van der Waals surface area (Å²) in [5.74, 6) is 2.23. The van der Waals surface area contributed by atoms with Crippen molar-refractivity contribution in [2.75, 3.05) is 26.7 Å². The molecule has 3 N–H and O–H groups in total. The molecule has 0 aromatic heterocycles. The predicted octanol–water partition coefficient (Wildman–Crippen LogP) is 2.14. The quantitative estimate of drug-likeness (QED) is 0.510. The van der Waals surface area contributed by atoms with Crippen molar-refractivity contribution >= 4 is 17.8 Å². The number of guanidine groups is 1. The molecule has 30 heavy (non-hydrogen) atoms. The minimum Gasteiger partial charge on any atom is -0.354 e. The van der Waals surface area contributed by atoms with Crippen LogP contribution in [0, 0.1) is 11.8 Å². The summed E-state index contributed by atoms with van der Waals surface area (Å²) in [4.78, 5) is 30.0. The van der Waals surface area contributed by atoms with Gasteiger partial charge in [0.25, 0.3) is 5.91 Å². The van der Waals surface area contributed by atoms with Gasteiger partial charge in [0.2, 0.25) is 5.91 Å². The number of carbonyl (C=O) groups is 2. The second kappa shape index (κ2) is 10.5. The summed E-state index contributed by atoms with van der Waals surface area (Å²) < 4.78 is 0. The second-order valence-electron chi connectivity index (χ2n) is 8.70. The third-order valence-electron chi connectivity index (χ3n) is 6.27. The number of piperazine rings is 1. The van der Waals surface area contributed by atoms with E-state index in [9.17, 15) is 9.59 Å². The SMILES string of the molecule is CN=C(NCc1ccc(C(=O)N2CCNC(=O)C2)cc1)NC1CCC(C(C)C)CC1. The number of nitrogens with zero attached hydrogens (tertiary/aromatic N) is 2. The van der Waals surface area contributed by atoms with Crippen LogP contribution in [0.15, 0.2) is 29.3 Å². The highest BCUT2D eigenvalue weighted by Gasteiger charge is 2.24. The van der Waals surface area contributed by atoms with Crippen molar-refractivity contribution in [1.29, 1.82) is 0 Å². The van der Waals surface area contributed by atoms with E-state index in [0.717, 1.165) is 23.4 Å². The van der Waals surface area contributed by atoms with Gasteiger partial charge in [0.1, 0.15) is 0 Å². The molecule has 3 rings (SSSR count). The Labute approximate surface area is 179 Å². The summed E-state index contributed by atoms with van der Waals surface area (Å²) in [7, 11) is 1.80. The monoisotopic (exact) mass is 413 g/mol. The van der Waals surface area contributed by atoms with Gasteiger partial charge in [-0.15, -0.1) is 0 Å². The number of hydrogen-bond acceptors (Lipinski definition) is 3. The van der Waals surface area contributed by atoms with Gasteiger partial charge in [-0.2, -0.15) is 0 Å². The minimum absolute atomic E-state index is 0.0983. The average molecular weight is 414 g/mol. The van der Waals surface area contributed by atoms with Crippen LogP contribution < -0.4 is 16.0 Å². The van der Waals surface area contributed by atoms with E-state index in [2.05, 4.69) is 34.8 Å². The molecule has 2 fully saturated rings. The van der Waals surface area contributed by atoms with Crippen molar-refractivity contribution in [1.82, 2.24) is 20.9 Å². The summed E-state index contributed by atoms with van der Waals surface area (Å²) in [5, 5.41) is 9.67. The maximum Gasteiger partial charge on any atom is 0.254 e. The van der Waals surface area contributed by atoms with Crippen molar-refractivity contribution in [2.24, 2.45) is 16.8 Å². The maximum absolute atomic E-state index is 12.6. The number of aliphatic imine (C=N–C) groups is 1. The molecule has 0 atom stereocenters. The van der Waals surface area contributed by atoms with E-state index in [4.69, 9.17) is 0 Å². The van der Waals surface area contributed by atoms with Gasteiger partial charge in [0.15, 0.2) is 5.96 Å². The molecule has 1 aromatic rings. The van der Waals surface area contributed by atoms with Crippen LogP contribution >= 0.6 is 0 Å². The van der Waals surface area contributed by atoms with E-state index in [1.165, 1.54) is 25.7 Å². The Morgan fingerprint density at radius 2 is 1.90 bits per heavy atom. The van der Waals surface area contributed by atoms with Crippen LogP contribution in [0.4, 0.5) is 0 Å². The Hall–Kier alpha value is -2.57. The van der Waals surface area contributed by atoms with Gasteiger partial charge in [0, 0.05) is 38.3 Å². The fraction of sp³-hybridized carbons (Fsp3) is 0.609. The predicted molar refractivity (Wildman–Crippen MR) is 119 cm³/mol. The summed E-state index contributed by atoms with van der Waals surface area (Å²) in [5.41, 5.74) is 1.69. The first-order chi connectivity index (χ1) is 14.5. The Morgan fingerprint density at radius 3 is 2.50 bits per heavy atom. The highest BCUT2D eigenvalue weighted by molar-refractivity contribution is 5.97. The lowest BCUT2D eigenvalue weighted by atomic mass is 9.80. The van der Waals surface area contributed by atoms with Gasteiger partial charge >= 0.3 is 0 Å². The van der Waals surface area contributed by atoms with Gasteiger partial charge in [0.05, 0.1) is 6.54 Å². The zero-order valence-electron chi connectivity index (χ0n) is 18.4. The summed E-state index contributed by atoms with van der Waals surface area (Å²) >= 11 is 0. The minimum atomic E-state index is -0.105. The van der Waals surface area contributed by atoms with E-state index in [0.29, 0.717) is 31.2 Å². The highest BCUT2D eigenvalue weighted by atomic mass is 16.2. The van der Waals surface area contributed by atoms with Crippen molar-refractivity contribution in [3.8, 4) is 0 Å². The smallest absolute Gasteiger partial charge is 0.254 e. The van der Waals surface area contributed by atoms with Crippen molar-refractivity contribution in [3.05, 3.63) is 35.4 Å². The number of amides is 2. The third-order valence-corrected chi connectivity index (χ3v) is 6.27. The van der Waals surface area contributed by atoms with E-state index in [1.807, 2.05) is 24.3 Å². The Morgan fingerprint density at radius 1 is 1.20 bits per heavy atom. The number of rotatable bonds is 5. The lowest BCUT2D eigenvalue weighted by Crippen LogP contribution is -2.49. The first-order valence-corrected chi connectivity index (χ1v) is 11.1. The van der Waals surface area contributed by atoms with Crippen molar-refractivity contribution < 1.29 is 9.59 Å². The second-order valence-corrected chi connectivity index (χ2v) is 8.70. The molecule has 0 unspecified atom stereocenters. The lowest BCUT2D eigenvalue weighted by Gasteiger charge is -2.32. The topological polar surface area (TPSA) is 85.8 Å². The Bertz CT molecular complexity index is 751. The van der Waals surface area contributed by atoms with Crippen LogP contribution in [0.25, 0.3) is 0 Å². The highest BCUT2D eigenvalue weighted by Crippen LogP contribution is 2.29. The molecule has 0 radical (unpaired) electrons. The zero-order valence-corrected chi connectivity index (χ0v) is 18.4. The van der Waals surface area contributed by atoms with Crippen LogP contribution in [0.1, 0.15) is 55.5 Å². The molecular formula is C23H35N5O2. The molecule has 7 heteroatoms. The molecule has 2 aliphatic rings. The van der Waals surface area contributed by atoms with Crippen molar-refractivity contribution in [3.63, 3.8) is 0 Å². The molecule has 7 nitrogen and oxygen atoms in total. The summed E-state index contributed by atoms with van der Waals surface area (Å²) in [6, 6.07) is 8.04.